The Labute approximate surface area is 125 Å². The molecule has 0 aliphatic rings. The first-order chi connectivity index (χ1) is 10.1. The van der Waals surface area contributed by atoms with Crippen molar-refractivity contribution in [1.82, 2.24) is 15.4 Å². The van der Waals surface area contributed by atoms with E-state index in [2.05, 4.69) is 27.1 Å². The number of rotatable bonds is 9. The number of fused-ring (bicyclic) bond motifs is 1. The Morgan fingerprint density at radius 1 is 1.05 bits per heavy atom. The van der Waals surface area contributed by atoms with E-state index in [1.165, 1.54) is 19.3 Å². The van der Waals surface area contributed by atoms with E-state index in [4.69, 9.17) is 0 Å². The van der Waals surface area contributed by atoms with Crippen molar-refractivity contribution in [2.75, 3.05) is 10.5 Å². The predicted octanol–water partition coefficient (Wildman–Crippen LogP) is 3.06. The smallest absolute Gasteiger partial charge is 0.232 e. The van der Waals surface area contributed by atoms with Crippen LogP contribution in [0.25, 0.3) is 11.0 Å². The normalized spacial score (nSPS) is 11.9. The second-order valence-electron chi connectivity index (χ2n) is 5.22. The van der Waals surface area contributed by atoms with Crippen LogP contribution in [-0.4, -0.2) is 29.6 Å². The van der Waals surface area contributed by atoms with Crippen LogP contribution in [0.4, 0.5) is 5.69 Å². The van der Waals surface area contributed by atoms with Crippen molar-refractivity contribution in [2.45, 2.75) is 45.4 Å². The summed E-state index contributed by atoms with van der Waals surface area (Å²) in [5, 5.41) is 10.4. The molecule has 1 heterocycles. The molecule has 6 nitrogen and oxygen atoms in total. The zero-order chi connectivity index (χ0) is 15.1. The first-order valence-corrected chi connectivity index (χ1v) is 9.07. The van der Waals surface area contributed by atoms with E-state index < -0.39 is 10.0 Å². The molecule has 0 saturated carbocycles. The van der Waals surface area contributed by atoms with Gasteiger partial charge in [0.25, 0.3) is 0 Å². The summed E-state index contributed by atoms with van der Waals surface area (Å²) in [7, 11) is -3.29. The molecule has 0 atom stereocenters. The lowest BCUT2D eigenvalue weighted by Crippen LogP contribution is -2.16. The van der Waals surface area contributed by atoms with Gasteiger partial charge in [0.15, 0.2) is 0 Å². The number of unbranched alkanes of at least 4 members (excludes halogenated alkanes) is 5. The molecule has 2 aromatic rings. The number of aromatic amines is 1. The number of H-pyrrole nitrogens is 1. The van der Waals surface area contributed by atoms with Crippen LogP contribution in [0.15, 0.2) is 18.2 Å². The van der Waals surface area contributed by atoms with Crippen LogP contribution in [0.5, 0.6) is 0 Å². The lowest BCUT2D eigenvalue weighted by atomic mass is 10.1. The fourth-order valence-corrected chi connectivity index (χ4v) is 3.38. The van der Waals surface area contributed by atoms with Gasteiger partial charge in [0.1, 0.15) is 11.0 Å². The molecule has 0 unspecified atom stereocenters. The van der Waals surface area contributed by atoms with Gasteiger partial charge in [-0.05, 0) is 24.6 Å². The Balaban J connectivity index is 1.82. The first-order valence-electron chi connectivity index (χ1n) is 7.42. The van der Waals surface area contributed by atoms with Crippen LogP contribution in [0.3, 0.4) is 0 Å². The summed E-state index contributed by atoms with van der Waals surface area (Å²) in [5.74, 6) is 0.163. The topological polar surface area (TPSA) is 87.7 Å². The molecule has 0 aliphatic heterocycles. The van der Waals surface area contributed by atoms with Crippen molar-refractivity contribution in [1.29, 1.82) is 0 Å². The molecule has 0 saturated heterocycles. The van der Waals surface area contributed by atoms with Crippen molar-refractivity contribution in [3.63, 3.8) is 0 Å². The van der Waals surface area contributed by atoms with Crippen molar-refractivity contribution in [3.8, 4) is 0 Å². The van der Waals surface area contributed by atoms with Gasteiger partial charge in [-0.25, -0.2) is 8.42 Å². The Morgan fingerprint density at radius 3 is 2.57 bits per heavy atom. The molecule has 7 heteroatoms. The summed E-state index contributed by atoms with van der Waals surface area (Å²) >= 11 is 0. The molecule has 0 aliphatic carbocycles. The van der Waals surface area contributed by atoms with E-state index >= 15 is 0 Å². The van der Waals surface area contributed by atoms with Crippen LogP contribution in [0, 0.1) is 0 Å². The van der Waals surface area contributed by atoms with Crippen LogP contribution in [0.1, 0.15) is 45.4 Å². The van der Waals surface area contributed by atoms with E-state index in [1.807, 2.05) is 0 Å². The lowest BCUT2D eigenvalue weighted by molar-refractivity contribution is 0.588. The molecule has 21 heavy (non-hydrogen) atoms. The number of sulfonamides is 1. The maximum Gasteiger partial charge on any atom is 0.232 e. The molecular formula is C14H22N4O2S. The largest absolute Gasteiger partial charge is 0.283 e. The second-order valence-corrected chi connectivity index (χ2v) is 7.06. The summed E-state index contributed by atoms with van der Waals surface area (Å²) in [6.07, 6.45) is 6.38. The summed E-state index contributed by atoms with van der Waals surface area (Å²) in [6, 6.07) is 5.11. The van der Waals surface area contributed by atoms with Crippen LogP contribution >= 0.6 is 0 Å². The van der Waals surface area contributed by atoms with Gasteiger partial charge in [0.2, 0.25) is 10.0 Å². The van der Waals surface area contributed by atoms with E-state index in [9.17, 15) is 8.42 Å². The molecule has 2 rings (SSSR count). The highest BCUT2D eigenvalue weighted by Crippen LogP contribution is 2.16. The van der Waals surface area contributed by atoms with Crippen molar-refractivity contribution in [2.24, 2.45) is 0 Å². The van der Waals surface area contributed by atoms with Gasteiger partial charge in [0, 0.05) is 0 Å². The van der Waals surface area contributed by atoms with Crippen LogP contribution < -0.4 is 4.72 Å². The van der Waals surface area contributed by atoms with Crippen molar-refractivity contribution in [3.05, 3.63) is 18.2 Å². The number of nitrogens with one attached hydrogen (secondary N) is 2. The van der Waals surface area contributed by atoms with Crippen molar-refractivity contribution < 1.29 is 8.42 Å². The monoisotopic (exact) mass is 310 g/mol. The molecule has 0 amide bonds. The summed E-state index contributed by atoms with van der Waals surface area (Å²) in [5.41, 5.74) is 1.89. The number of benzene rings is 1. The molecule has 0 radical (unpaired) electrons. The van der Waals surface area contributed by atoms with Crippen LogP contribution in [0.2, 0.25) is 0 Å². The number of hydrogen-bond donors (Lipinski definition) is 2. The third-order valence-electron chi connectivity index (χ3n) is 3.36. The average molecular weight is 310 g/mol. The Morgan fingerprint density at radius 2 is 1.76 bits per heavy atom. The molecule has 2 N–H and O–H groups in total. The molecule has 116 valence electrons. The van der Waals surface area contributed by atoms with Crippen LogP contribution in [-0.2, 0) is 10.0 Å². The molecule has 0 spiro atoms. The van der Waals surface area contributed by atoms with Gasteiger partial charge < -0.3 is 0 Å². The molecular weight excluding hydrogens is 288 g/mol. The average Bonchev–Trinajstić information content (AvgIpc) is 2.89. The Bertz CT molecular complexity index is 666. The standard InChI is InChI=1S/C14H22N4O2S/c1-2-3-4-5-6-7-10-21(19,20)17-12-8-9-13-14(11-12)16-18-15-13/h8-9,11,17H,2-7,10H2,1H3,(H,15,16,18). The highest BCUT2D eigenvalue weighted by atomic mass is 32.2. The van der Waals surface area contributed by atoms with E-state index in [0.29, 0.717) is 23.1 Å². The Kier molecular flexibility index (Phi) is 5.55. The molecule has 1 aromatic heterocycles. The minimum atomic E-state index is -3.29. The summed E-state index contributed by atoms with van der Waals surface area (Å²) in [4.78, 5) is 0. The zero-order valence-corrected chi connectivity index (χ0v) is 13.1. The minimum absolute atomic E-state index is 0.163. The number of nitrogens with zero attached hydrogens (tertiary/aromatic N) is 2. The number of hydrogen-bond acceptors (Lipinski definition) is 4. The maximum atomic E-state index is 12.0. The van der Waals surface area contributed by atoms with Gasteiger partial charge in [-0.2, -0.15) is 15.4 Å². The lowest BCUT2D eigenvalue weighted by Gasteiger charge is -2.07. The Hall–Kier alpha value is -1.63. The highest BCUT2D eigenvalue weighted by molar-refractivity contribution is 7.92. The van der Waals surface area contributed by atoms with Gasteiger partial charge in [-0.15, -0.1) is 0 Å². The summed E-state index contributed by atoms with van der Waals surface area (Å²) in [6.45, 7) is 2.17. The highest BCUT2D eigenvalue weighted by Gasteiger charge is 2.11. The molecule has 1 aromatic carbocycles. The maximum absolute atomic E-state index is 12.0. The quantitative estimate of drug-likeness (QED) is 0.697. The van der Waals surface area contributed by atoms with E-state index in [1.54, 1.807) is 18.2 Å². The van der Waals surface area contributed by atoms with Crippen molar-refractivity contribution >= 4 is 26.7 Å². The van der Waals surface area contributed by atoms with Gasteiger partial charge in [-0.1, -0.05) is 39.0 Å². The van der Waals surface area contributed by atoms with E-state index in [0.717, 1.165) is 12.8 Å². The third-order valence-corrected chi connectivity index (χ3v) is 4.73. The number of aromatic nitrogens is 3. The van der Waals surface area contributed by atoms with Gasteiger partial charge in [0.05, 0.1) is 11.4 Å². The minimum Gasteiger partial charge on any atom is -0.283 e. The summed E-state index contributed by atoms with van der Waals surface area (Å²) < 4.78 is 26.6. The second kappa shape index (κ2) is 7.40. The van der Waals surface area contributed by atoms with Gasteiger partial charge >= 0.3 is 0 Å². The van der Waals surface area contributed by atoms with Gasteiger partial charge in [-0.3, -0.25) is 4.72 Å². The molecule has 0 bridgehead atoms. The fraction of sp³-hybridized carbons (Fsp3) is 0.571. The molecule has 0 fully saturated rings. The third kappa shape index (κ3) is 5.00. The first kappa shape index (κ1) is 15.8. The zero-order valence-electron chi connectivity index (χ0n) is 12.3. The fourth-order valence-electron chi connectivity index (χ4n) is 2.21. The predicted molar refractivity (Wildman–Crippen MR) is 84.7 cm³/mol. The number of anilines is 1. The SMILES string of the molecule is CCCCCCCCS(=O)(=O)Nc1ccc2n[nH]nc2c1. The van der Waals surface area contributed by atoms with E-state index in [-0.39, 0.29) is 5.75 Å².